The summed E-state index contributed by atoms with van der Waals surface area (Å²) in [6.07, 6.45) is 3.49. The summed E-state index contributed by atoms with van der Waals surface area (Å²) in [6.45, 7) is 3.84. The number of nitro groups is 1. The summed E-state index contributed by atoms with van der Waals surface area (Å²) in [5.74, 6) is 0. The number of nitro benzene ring substituents is 1. The summed E-state index contributed by atoms with van der Waals surface area (Å²) < 4.78 is 0. The predicted octanol–water partition coefficient (Wildman–Crippen LogP) is 2.89. The molecule has 4 nitrogen and oxygen atoms in total. The number of aryl methyl sites for hydroxylation is 1. The Labute approximate surface area is 95.0 Å². The number of hydrogen-bond donors (Lipinski definition) is 0. The maximum atomic E-state index is 11.0. The molecule has 0 atom stereocenters. The Balaban J connectivity index is 2.36. The summed E-state index contributed by atoms with van der Waals surface area (Å²) in [6, 6.07) is 5.33. The van der Waals surface area contributed by atoms with E-state index in [0.717, 1.165) is 37.2 Å². The third kappa shape index (κ3) is 2.15. The highest BCUT2D eigenvalue weighted by Gasteiger charge is 2.20. The third-order valence-corrected chi connectivity index (χ3v) is 3.02. The fraction of sp³-hybridized carbons (Fsp3) is 0.500. The van der Waals surface area contributed by atoms with Gasteiger partial charge in [0.15, 0.2) is 0 Å². The van der Waals surface area contributed by atoms with Crippen molar-refractivity contribution in [1.29, 1.82) is 0 Å². The second kappa shape index (κ2) is 4.51. The van der Waals surface area contributed by atoms with Crippen LogP contribution >= 0.6 is 0 Å². The number of benzene rings is 1. The average molecular weight is 220 g/mol. The van der Waals surface area contributed by atoms with Crippen molar-refractivity contribution in [1.82, 2.24) is 0 Å². The van der Waals surface area contributed by atoms with Gasteiger partial charge in [-0.2, -0.15) is 0 Å². The van der Waals surface area contributed by atoms with Crippen LogP contribution in [-0.4, -0.2) is 18.0 Å². The molecule has 0 amide bonds. The van der Waals surface area contributed by atoms with Gasteiger partial charge in [0.05, 0.1) is 4.92 Å². The fourth-order valence-electron chi connectivity index (χ4n) is 2.18. The Kier molecular flexibility index (Phi) is 3.08. The van der Waals surface area contributed by atoms with E-state index in [0.29, 0.717) is 0 Å². The topological polar surface area (TPSA) is 46.4 Å². The first-order valence-corrected chi connectivity index (χ1v) is 5.68. The molecule has 1 fully saturated rings. The van der Waals surface area contributed by atoms with Crippen molar-refractivity contribution in [2.45, 2.75) is 26.2 Å². The SMILES string of the molecule is Cc1ccc([N+](=O)[O-])c(N2CCCCC2)c1. The molecule has 0 aromatic heterocycles. The maximum absolute atomic E-state index is 11.0. The van der Waals surface area contributed by atoms with Crippen LogP contribution in [0.5, 0.6) is 0 Å². The molecule has 2 rings (SSSR count). The van der Waals surface area contributed by atoms with Gasteiger partial charge in [0.2, 0.25) is 0 Å². The van der Waals surface area contributed by atoms with Crippen LogP contribution in [0.4, 0.5) is 11.4 Å². The van der Waals surface area contributed by atoms with E-state index in [2.05, 4.69) is 4.90 Å². The third-order valence-electron chi connectivity index (χ3n) is 3.02. The number of nitrogens with zero attached hydrogens (tertiary/aromatic N) is 2. The van der Waals surface area contributed by atoms with Crippen molar-refractivity contribution < 1.29 is 4.92 Å². The summed E-state index contributed by atoms with van der Waals surface area (Å²) in [7, 11) is 0. The second-order valence-electron chi connectivity index (χ2n) is 4.30. The zero-order chi connectivity index (χ0) is 11.5. The molecule has 0 spiro atoms. The normalized spacial score (nSPS) is 16.2. The largest absolute Gasteiger partial charge is 0.366 e. The van der Waals surface area contributed by atoms with Gasteiger partial charge in [-0.3, -0.25) is 10.1 Å². The van der Waals surface area contributed by atoms with Gasteiger partial charge in [0.1, 0.15) is 5.69 Å². The van der Waals surface area contributed by atoms with Crippen molar-refractivity contribution in [3.63, 3.8) is 0 Å². The molecule has 16 heavy (non-hydrogen) atoms. The first-order valence-electron chi connectivity index (χ1n) is 5.68. The molecule has 0 bridgehead atoms. The highest BCUT2D eigenvalue weighted by atomic mass is 16.6. The van der Waals surface area contributed by atoms with Crippen LogP contribution in [-0.2, 0) is 0 Å². The molecule has 0 saturated carbocycles. The van der Waals surface area contributed by atoms with Gasteiger partial charge in [-0.15, -0.1) is 0 Å². The Morgan fingerprint density at radius 1 is 1.25 bits per heavy atom. The first-order chi connectivity index (χ1) is 7.68. The van der Waals surface area contributed by atoms with E-state index in [1.54, 1.807) is 12.1 Å². The lowest BCUT2D eigenvalue weighted by Crippen LogP contribution is -2.29. The Bertz CT molecular complexity index is 398. The smallest absolute Gasteiger partial charge is 0.292 e. The van der Waals surface area contributed by atoms with E-state index in [1.807, 2.05) is 13.0 Å². The minimum Gasteiger partial charge on any atom is -0.366 e. The standard InChI is InChI=1S/C12H16N2O2/c1-10-5-6-11(14(15)16)12(9-10)13-7-3-2-4-8-13/h5-6,9H,2-4,7-8H2,1H3. The molecule has 86 valence electrons. The molecular weight excluding hydrogens is 204 g/mol. The lowest BCUT2D eigenvalue weighted by Gasteiger charge is -2.28. The number of anilines is 1. The van der Waals surface area contributed by atoms with Crippen LogP contribution in [0.1, 0.15) is 24.8 Å². The Hall–Kier alpha value is -1.58. The van der Waals surface area contributed by atoms with E-state index in [9.17, 15) is 10.1 Å². The van der Waals surface area contributed by atoms with Gasteiger partial charge in [-0.05, 0) is 37.8 Å². The van der Waals surface area contributed by atoms with Gasteiger partial charge in [0.25, 0.3) is 5.69 Å². The number of piperidine rings is 1. The lowest BCUT2D eigenvalue weighted by atomic mass is 10.1. The Morgan fingerprint density at radius 2 is 1.94 bits per heavy atom. The van der Waals surface area contributed by atoms with Gasteiger partial charge in [0, 0.05) is 19.2 Å². The van der Waals surface area contributed by atoms with Crippen LogP contribution in [0.15, 0.2) is 18.2 Å². The van der Waals surface area contributed by atoms with Crippen molar-refractivity contribution in [3.05, 3.63) is 33.9 Å². The molecular formula is C12H16N2O2. The summed E-state index contributed by atoms with van der Waals surface area (Å²) in [4.78, 5) is 12.8. The van der Waals surface area contributed by atoms with E-state index >= 15 is 0 Å². The quantitative estimate of drug-likeness (QED) is 0.568. The zero-order valence-electron chi connectivity index (χ0n) is 9.48. The summed E-state index contributed by atoms with van der Waals surface area (Å²) in [5.41, 5.74) is 2.09. The molecule has 1 aliphatic heterocycles. The molecule has 1 aromatic rings. The van der Waals surface area contributed by atoms with Crippen molar-refractivity contribution in [3.8, 4) is 0 Å². The minimum atomic E-state index is -0.288. The summed E-state index contributed by atoms with van der Waals surface area (Å²) in [5, 5.41) is 11.0. The van der Waals surface area contributed by atoms with Crippen LogP contribution in [0.3, 0.4) is 0 Å². The van der Waals surface area contributed by atoms with E-state index in [4.69, 9.17) is 0 Å². The van der Waals surface area contributed by atoms with Crippen LogP contribution < -0.4 is 4.90 Å². The molecule has 1 aliphatic rings. The monoisotopic (exact) mass is 220 g/mol. The maximum Gasteiger partial charge on any atom is 0.292 e. The molecule has 0 radical (unpaired) electrons. The molecule has 0 unspecified atom stereocenters. The molecule has 4 heteroatoms. The fourth-order valence-corrected chi connectivity index (χ4v) is 2.18. The molecule has 1 heterocycles. The highest BCUT2D eigenvalue weighted by molar-refractivity contribution is 5.64. The van der Waals surface area contributed by atoms with E-state index < -0.39 is 0 Å². The van der Waals surface area contributed by atoms with E-state index in [-0.39, 0.29) is 10.6 Å². The zero-order valence-corrected chi connectivity index (χ0v) is 9.48. The highest BCUT2D eigenvalue weighted by Crippen LogP contribution is 2.30. The molecule has 1 saturated heterocycles. The van der Waals surface area contributed by atoms with E-state index in [1.165, 1.54) is 6.42 Å². The van der Waals surface area contributed by atoms with Crippen molar-refractivity contribution >= 4 is 11.4 Å². The van der Waals surface area contributed by atoms with Gasteiger partial charge >= 0.3 is 0 Å². The van der Waals surface area contributed by atoms with Crippen LogP contribution in [0.2, 0.25) is 0 Å². The first kappa shape index (κ1) is 10.9. The minimum absolute atomic E-state index is 0.229. The van der Waals surface area contributed by atoms with Crippen molar-refractivity contribution in [2.24, 2.45) is 0 Å². The lowest BCUT2D eigenvalue weighted by molar-refractivity contribution is -0.384. The summed E-state index contributed by atoms with van der Waals surface area (Å²) >= 11 is 0. The second-order valence-corrected chi connectivity index (χ2v) is 4.30. The van der Waals surface area contributed by atoms with Gasteiger partial charge < -0.3 is 4.90 Å². The molecule has 1 aromatic carbocycles. The number of rotatable bonds is 2. The molecule has 0 aliphatic carbocycles. The van der Waals surface area contributed by atoms with Gasteiger partial charge in [-0.25, -0.2) is 0 Å². The predicted molar refractivity (Wildman–Crippen MR) is 63.9 cm³/mol. The molecule has 0 N–H and O–H groups in total. The van der Waals surface area contributed by atoms with Crippen molar-refractivity contribution in [2.75, 3.05) is 18.0 Å². The Morgan fingerprint density at radius 3 is 2.56 bits per heavy atom. The van der Waals surface area contributed by atoms with Crippen LogP contribution in [0, 0.1) is 17.0 Å². The van der Waals surface area contributed by atoms with Gasteiger partial charge in [-0.1, -0.05) is 6.07 Å². The van der Waals surface area contributed by atoms with Crippen LogP contribution in [0.25, 0.3) is 0 Å². The average Bonchev–Trinajstić information content (AvgIpc) is 2.29. The number of hydrogen-bond acceptors (Lipinski definition) is 3.